The average molecular weight is 229 g/mol. The third-order valence-electron chi connectivity index (χ3n) is 2.91. The lowest BCUT2D eigenvalue weighted by atomic mass is 10.3. The Bertz CT molecular complexity index is 493. The van der Waals surface area contributed by atoms with Gasteiger partial charge < -0.3 is 14.6 Å². The summed E-state index contributed by atoms with van der Waals surface area (Å²) in [6.45, 7) is 2.58. The van der Waals surface area contributed by atoms with E-state index in [0.29, 0.717) is 6.61 Å². The summed E-state index contributed by atoms with van der Waals surface area (Å²) in [5.41, 5.74) is 0. The van der Waals surface area contributed by atoms with Crippen molar-refractivity contribution >= 4 is 5.82 Å². The van der Waals surface area contributed by atoms with Crippen molar-refractivity contribution in [2.24, 2.45) is 0 Å². The molecule has 1 aliphatic heterocycles. The second-order valence-corrected chi connectivity index (χ2v) is 4.09. The smallest absolute Gasteiger partial charge is 0.148 e. The predicted octanol–water partition coefficient (Wildman–Crippen LogP) is 2.28. The Labute approximate surface area is 100 Å². The van der Waals surface area contributed by atoms with Gasteiger partial charge in [-0.15, -0.1) is 0 Å². The molecule has 4 nitrogen and oxygen atoms in total. The number of imidazole rings is 1. The van der Waals surface area contributed by atoms with Crippen molar-refractivity contribution in [3.63, 3.8) is 0 Å². The molecule has 0 spiro atoms. The molecule has 0 saturated carbocycles. The van der Waals surface area contributed by atoms with E-state index in [1.807, 2.05) is 36.5 Å². The van der Waals surface area contributed by atoms with Gasteiger partial charge in [0.05, 0.1) is 6.20 Å². The van der Waals surface area contributed by atoms with E-state index in [2.05, 4.69) is 14.9 Å². The van der Waals surface area contributed by atoms with Crippen LogP contribution in [-0.2, 0) is 13.2 Å². The zero-order chi connectivity index (χ0) is 11.5. The van der Waals surface area contributed by atoms with Gasteiger partial charge in [-0.25, -0.2) is 4.98 Å². The van der Waals surface area contributed by atoms with Gasteiger partial charge in [0, 0.05) is 13.1 Å². The van der Waals surface area contributed by atoms with E-state index in [1.54, 1.807) is 0 Å². The minimum atomic E-state index is 0.520. The normalized spacial score (nSPS) is 13.9. The quantitative estimate of drug-likeness (QED) is 0.877. The molecule has 4 heteroatoms. The largest absolute Gasteiger partial charge is 0.486 e. The number of ether oxygens (including phenoxy) is 1. The maximum atomic E-state index is 5.71. The number of hydrogen-bond acceptors (Lipinski definition) is 3. The number of anilines is 1. The molecule has 2 aromatic rings. The Balaban J connectivity index is 1.71. The van der Waals surface area contributed by atoms with Gasteiger partial charge in [-0.05, 0) is 18.6 Å². The second-order valence-electron chi connectivity index (χ2n) is 4.09. The highest BCUT2D eigenvalue weighted by molar-refractivity contribution is 5.36. The molecule has 1 aromatic heterocycles. The number of rotatable bonds is 3. The maximum absolute atomic E-state index is 5.71. The lowest BCUT2D eigenvalue weighted by molar-refractivity contribution is 0.288. The summed E-state index contributed by atoms with van der Waals surface area (Å²) in [6.07, 6.45) is 3.02. The number of hydrogen-bond donors (Lipinski definition) is 1. The maximum Gasteiger partial charge on any atom is 0.148 e. The molecule has 0 saturated heterocycles. The fourth-order valence-corrected chi connectivity index (χ4v) is 2.04. The van der Waals surface area contributed by atoms with Crippen molar-refractivity contribution in [1.29, 1.82) is 0 Å². The molecule has 0 radical (unpaired) electrons. The Morgan fingerprint density at radius 2 is 2.18 bits per heavy atom. The molecular weight excluding hydrogens is 214 g/mol. The van der Waals surface area contributed by atoms with Crippen molar-refractivity contribution in [1.82, 2.24) is 9.55 Å². The molecule has 0 bridgehead atoms. The van der Waals surface area contributed by atoms with E-state index < -0.39 is 0 Å². The van der Waals surface area contributed by atoms with E-state index in [1.165, 1.54) is 0 Å². The van der Waals surface area contributed by atoms with Crippen LogP contribution in [0.1, 0.15) is 12.2 Å². The molecule has 0 unspecified atom stereocenters. The van der Waals surface area contributed by atoms with Gasteiger partial charge in [0.15, 0.2) is 0 Å². The minimum Gasteiger partial charge on any atom is -0.486 e. The summed E-state index contributed by atoms with van der Waals surface area (Å²) in [7, 11) is 0. The molecule has 0 atom stereocenters. The van der Waals surface area contributed by atoms with Crippen LogP contribution in [-0.4, -0.2) is 16.1 Å². The summed E-state index contributed by atoms with van der Waals surface area (Å²) >= 11 is 0. The van der Waals surface area contributed by atoms with Crippen molar-refractivity contribution in [2.75, 3.05) is 11.9 Å². The van der Waals surface area contributed by atoms with Crippen LogP contribution in [0.4, 0.5) is 5.82 Å². The number of nitrogens with zero attached hydrogens (tertiary/aromatic N) is 2. The zero-order valence-electron chi connectivity index (χ0n) is 9.60. The fourth-order valence-electron chi connectivity index (χ4n) is 2.04. The van der Waals surface area contributed by atoms with Crippen molar-refractivity contribution in [3.05, 3.63) is 42.4 Å². The first-order valence-corrected chi connectivity index (χ1v) is 5.89. The molecule has 2 heterocycles. The summed E-state index contributed by atoms with van der Waals surface area (Å²) in [5, 5.41) is 3.33. The topological polar surface area (TPSA) is 39.1 Å². The number of nitrogens with one attached hydrogen (secondary N) is 1. The predicted molar refractivity (Wildman–Crippen MR) is 66.1 cm³/mol. The van der Waals surface area contributed by atoms with Crippen LogP contribution in [0, 0.1) is 0 Å². The number of aromatic nitrogens is 2. The van der Waals surface area contributed by atoms with Crippen LogP contribution >= 0.6 is 0 Å². The van der Waals surface area contributed by atoms with E-state index in [-0.39, 0.29) is 0 Å². The second kappa shape index (κ2) is 4.49. The van der Waals surface area contributed by atoms with Crippen molar-refractivity contribution < 1.29 is 4.74 Å². The first-order valence-electron chi connectivity index (χ1n) is 5.89. The average Bonchev–Trinajstić information content (AvgIpc) is 2.81. The Kier molecular flexibility index (Phi) is 2.69. The highest BCUT2D eigenvalue weighted by Gasteiger charge is 2.13. The molecule has 17 heavy (non-hydrogen) atoms. The van der Waals surface area contributed by atoms with Crippen LogP contribution in [0.3, 0.4) is 0 Å². The summed E-state index contributed by atoms with van der Waals surface area (Å²) < 4.78 is 7.89. The monoisotopic (exact) mass is 229 g/mol. The fraction of sp³-hybridized carbons (Fsp3) is 0.308. The highest BCUT2D eigenvalue weighted by atomic mass is 16.5. The van der Waals surface area contributed by atoms with Crippen LogP contribution < -0.4 is 10.1 Å². The van der Waals surface area contributed by atoms with Crippen LogP contribution in [0.2, 0.25) is 0 Å². The molecule has 0 amide bonds. The SMILES string of the molecule is c1ccc(OCc2ncc3n2CCCN3)cc1. The summed E-state index contributed by atoms with van der Waals surface area (Å²) in [4.78, 5) is 4.39. The molecule has 1 N–H and O–H groups in total. The van der Waals surface area contributed by atoms with Gasteiger partial charge in [-0.3, -0.25) is 0 Å². The van der Waals surface area contributed by atoms with E-state index >= 15 is 0 Å². The molecule has 88 valence electrons. The van der Waals surface area contributed by atoms with Crippen molar-refractivity contribution in [3.8, 4) is 5.75 Å². The molecule has 0 aliphatic carbocycles. The number of fused-ring (bicyclic) bond motifs is 1. The third kappa shape index (κ3) is 2.11. The minimum absolute atomic E-state index is 0.520. The van der Waals surface area contributed by atoms with Crippen LogP contribution in [0.5, 0.6) is 5.75 Å². The van der Waals surface area contributed by atoms with Gasteiger partial charge in [0.1, 0.15) is 24.0 Å². The molecule has 1 aliphatic rings. The Hall–Kier alpha value is -1.97. The van der Waals surface area contributed by atoms with E-state index in [9.17, 15) is 0 Å². The van der Waals surface area contributed by atoms with Gasteiger partial charge in [-0.2, -0.15) is 0 Å². The lowest BCUT2D eigenvalue weighted by Gasteiger charge is -2.18. The third-order valence-corrected chi connectivity index (χ3v) is 2.91. The zero-order valence-corrected chi connectivity index (χ0v) is 9.60. The first-order chi connectivity index (χ1) is 8.43. The van der Waals surface area contributed by atoms with E-state index in [4.69, 9.17) is 4.74 Å². The Morgan fingerprint density at radius 3 is 3.06 bits per heavy atom. The van der Waals surface area contributed by atoms with Gasteiger partial charge in [0.25, 0.3) is 0 Å². The molecular formula is C13H15N3O. The standard InChI is InChI=1S/C13H15N3O/c1-2-5-11(6-3-1)17-10-13-15-9-12-14-7-4-8-16(12)13/h1-3,5-6,9,14H,4,7-8,10H2. The van der Waals surface area contributed by atoms with Gasteiger partial charge in [0.2, 0.25) is 0 Å². The van der Waals surface area contributed by atoms with Crippen molar-refractivity contribution in [2.45, 2.75) is 19.6 Å². The first kappa shape index (κ1) is 10.2. The Morgan fingerprint density at radius 1 is 1.29 bits per heavy atom. The van der Waals surface area contributed by atoms with E-state index in [0.717, 1.165) is 36.9 Å². The lowest BCUT2D eigenvalue weighted by Crippen LogP contribution is -2.18. The molecule has 3 rings (SSSR count). The van der Waals surface area contributed by atoms with Gasteiger partial charge in [-0.1, -0.05) is 18.2 Å². The summed E-state index contributed by atoms with van der Waals surface area (Å²) in [6, 6.07) is 9.83. The number of para-hydroxylation sites is 1. The van der Waals surface area contributed by atoms with Crippen LogP contribution in [0.25, 0.3) is 0 Å². The van der Waals surface area contributed by atoms with Crippen LogP contribution in [0.15, 0.2) is 36.5 Å². The van der Waals surface area contributed by atoms with Gasteiger partial charge >= 0.3 is 0 Å². The molecule has 0 fully saturated rings. The molecule has 1 aromatic carbocycles. The highest BCUT2D eigenvalue weighted by Crippen LogP contribution is 2.18. The summed E-state index contributed by atoms with van der Waals surface area (Å²) in [5.74, 6) is 2.97. The number of benzene rings is 1.